The van der Waals surface area contributed by atoms with Gasteiger partial charge in [-0.25, -0.2) is 0 Å². The molecule has 5 nitrogen and oxygen atoms in total. The molecular weight excluding hydrogens is 206 g/mol. The van der Waals surface area contributed by atoms with E-state index in [4.69, 9.17) is 15.0 Å². The van der Waals surface area contributed by atoms with Crippen LogP contribution in [-0.4, -0.2) is 16.7 Å². The summed E-state index contributed by atoms with van der Waals surface area (Å²) in [7, 11) is 0. The van der Waals surface area contributed by atoms with Gasteiger partial charge in [-0.3, -0.25) is 0 Å². The highest BCUT2D eigenvalue weighted by Crippen LogP contribution is 2.34. The second-order valence-corrected chi connectivity index (χ2v) is 4.98. The van der Waals surface area contributed by atoms with Crippen molar-refractivity contribution < 1.29 is 9.26 Å². The lowest BCUT2D eigenvalue weighted by Crippen LogP contribution is -2.22. The Hall–Kier alpha value is -0.940. The average Bonchev–Trinajstić information content (AvgIpc) is 2.60. The van der Waals surface area contributed by atoms with Crippen LogP contribution in [0.5, 0.6) is 0 Å². The van der Waals surface area contributed by atoms with Gasteiger partial charge in [-0.1, -0.05) is 25.9 Å². The Balaban J connectivity index is 2.93. The number of rotatable bonds is 4. The van der Waals surface area contributed by atoms with Gasteiger partial charge in [0.2, 0.25) is 11.7 Å². The summed E-state index contributed by atoms with van der Waals surface area (Å²) in [5.41, 5.74) is 5.60. The zero-order valence-electron chi connectivity index (χ0n) is 10.7. The second kappa shape index (κ2) is 4.93. The minimum absolute atomic E-state index is 0.0744. The van der Waals surface area contributed by atoms with Gasteiger partial charge in [-0.05, 0) is 19.3 Å². The minimum Gasteiger partial charge on any atom is -0.370 e. The first-order valence-electron chi connectivity index (χ1n) is 5.57. The van der Waals surface area contributed by atoms with E-state index in [0.29, 0.717) is 18.3 Å². The molecule has 0 amide bonds. The van der Waals surface area contributed by atoms with Gasteiger partial charge in [0.25, 0.3) is 0 Å². The molecule has 0 saturated carbocycles. The zero-order chi connectivity index (χ0) is 12.3. The normalized spacial score (nSPS) is 16.1. The van der Waals surface area contributed by atoms with E-state index in [9.17, 15) is 0 Å². The Morgan fingerprint density at radius 2 is 2.06 bits per heavy atom. The Kier molecular flexibility index (Phi) is 4.04. The molecule has 0 aromatic carbocycles. The first-order chi connectivity index (χ1) is 7.36. The molecule has 1 aromatic rings. The predicted octanol–water partition coefficient (Wildman–Crippen LogP) is 2.21. The number of aromatic nitrogens is 2. The SMILES string of the molecule is CCOC(c1noc([C@H](C)N)n1)C(C)(C)C. The molecule has 1 heterocycles. The first-order valence-corrected chi connectivity index (χ1v) is 5.57. The van der Waals surface area contributed by atoms with Gasteiger partial charge in [0, 0.05) is 6.61 Å². The molecule has 0 aliphatic carbocycles. The van der Waals surface area contributed by atoms with Gasteiger partial charge in [0.15, 0.2) is 0 Å². The highest BCUT2D eigenvalue weighted by atomic mass is 16.5. The Bertz CT molecular complexity index is 328. The molecule has 1 rings (SSSR count). The first kappa shape index (κ1) is 13.1. The van der Waals surface area contributed by atoms with Crippen molar-refractivity contribution in [1.82, 2.24) is 10.1 Å². The molecule has 16 heavy (non-hydrogen) atoms. The van der Waals surface area contributed by atoms with E-state index in [1.807, 2.05) is 13.8 Å². The van der Waals surface area contributed by atoms with Crippen molar-refractivity contribution in [3.8, 4) is 0 Å². The van der Waals surface area contributed by atoms with Crippen LogP contribution < -0.4 is 5.73 Å². The van der Waals surface area contributed by atoms with E-state index < -0.39 is 0 Å². The summed E-state index contributed by atoms with van der Waals surface area (Å²) < 4.78 is 10.7. The van der Waals surface area contributed by atoms with E-state index in [0.717, 1.165) is 0 Å². The van der Waals surface area contributed by atoms with Crippen LogP contribution in [0.15, 0.2) is 4.52 Å². The van der Waals surface area contributed by atoms with Crippen molar-refractivity contribution in [3.63, 3.8) is 0 Å². The summed E-state index contributed by atoms with van der Waals surface area (Å²) in [6.45, 7) is 10.6. The van der Waals surface area contributed by atoms with Crippen molar-refractivity contribution in [2.24, 2.45) is 11.1 Å². The van der Waals surface area contributed by atoms with Gasteiger partial charge < -0.3 is 15.0 Å². The molecule has 2 atom stereocenters. The fourth-order valence-electron chi connectivity index (χ4n) is 1.42. The fraction of sp³-hybridized carbons (Fsp3) is 0.818. The van der Waals surface area contributed by atoms with Crippen LogP contribution in [0.4, 0.5) is 0 Å². The van der Waals surface area contributed by atoms with Gasteiger partial charge in [0.05, 0.1) is 6.04 Å². The van der Waals surface area contributed by atoms with Crippen LogP contribution >= 0.6 is 0 Å². The maximum Gasteiger partial charge on any atom is 0.243 e. The van der Waals surface area contributed by atoms with E-state index >= 15 is 0 Å². The Labute approximate surface area is 96.4 Å². The lowest BCUT2D eigenvalue weighted by molar-refractivity contribution is -0.0203. The predicted molar refractivity (Wildman–Crippen MR) is 60.7 cm³/mol. The molecule has 0 fully saturated rings. The number of hydrogen-bond donors (Lipinski definition) is 1. The van der Waals surface area contributed by atoms with Crippen LogP contribution in [0, 0.1) is 5.41 Å². The molecule has 5 heteroatoms. The smallest absolute Gasteiger partial charge is 0.243 e. The minimum atomic E-state index is -0.247. The van der Waals surface area contributed by atoms with Gasteiger partial charge in [-0.15, -0.1) is 0 Å². The monoisotopic (exact) mass is 227 g/mol. The molecule has 0 bridgehead atoms. The maximum atomic E-state index is 5.67. The summed E-state index contributed by atoms with van der Waals surface area (Å²) in [5, 5.41) is 3.93. The third kappa shape index (κ3) is 3.02. The molecule has 0 spiro atoms. The Morgan fingerprint density at radius 1 is 1.44 bits per heavy atom. The summed E-state index contributed by atoms with van der Waals surface area (Å²) in [6, 6.07) is -0.247. The highest BCUT2D eigenvalue weighted by Gasteiger charge is 2.31. The fourth-order valence-corrected chi connectivity index (χ4v) is 1.42. The number of nitrogens with two attached hydrogens (primary N) is 1. The standard InChI is InChI=1S/C11H21N3O2/c1-6-15-8(11(3,4)5)9-13-10(7(2)12)16-14-9/h7-8H,6,12H2,1-5H3/t7-,8?/m0/s1. The lowest BCUT2D eigenvalue weighted by atomic mass is 9.88. The van der Waals surface area contributed by atoms with Gasteiger partial charge >= 0.3 is 0 Å². The quantitative estimate of drug-likeness (QED) is 0.853. The molecule has 0 aliphatic rings. The zero-order valence-corrected chi connectivity index (χ0v) is 10.7. The van der Waals surface area contributed by atoms with E-state index in [1.54, 1.807) is 0 Å². The van der Waals surface area contributed by atoms with Crippen LogP contribution in [0.25, 0.3) is 0 Å². The van der Waals surface area contributed by atoms with Gasteiger partial charge in [0.1, 0.15) is 6.10 Å². The third-order valence-electron chi connectivity index (χ3n) is 2.20. The molecule has 2 N–H and O–H groups in total. The van der Waals surface area contributed by atoms with Crippen molar-refractivity contribution in [2.75, 3.05) is 6.61 Å². The van der Waals surface area contributed by atoms with Crippen LogP contribution in [0.2, 0.25) is 0 Å². The van der Waals surface area contributed by atoms with Crippen LogP contribution in [-0.2, 0) is 4.74 Å². The molecule has 92 valence electrons. The van der Waals surface area contributed by atoms with Crippen LogP contribution in [0.3, 0.4) is 0 Å². The van der Waals surface area contributed by atoms with E-state index in [2.05, 4.69) is 30.9 Å². The third-order valence-corrected chi connectivity index (χ3v) is 2.20. The van der Waals surface area contributed by atoms with E-state index in [-0.39, 0.29) is 17.6 Å². The highest BCUT2D eigenvalue weighted by molar-refractivity contribution is 4.98. The largest absolute Gasteiger partial charge is 0.370 e. The summed E-state index contributed by atoms with van der Waals surface area (Å²) in [6.07, 6.45) is -0.172. The van der Waals surface area contributed by atoms with Crippen molar-refractivity contribution in [1.29, 1.82) is 0 Å². The number of ether oxygens (including phenoxy) is 1. The average molecular weight is 227 g/mol. The molecule has 0 radical (unpaired) electrons. The second-order valence-electron chi connectivity index (χ2n) is 4.98. The van der Waals surface area contributed by atoms with Crippen LogP contribution in [0.1, 0.15) is 58.5 Å². The Morgan fingerprint density at radius 3 is 2.44 bits per heavy atom. The number of nitrogens with zero attached hydrogens (tertiary/aromatic N) is 2. The summed E-state index contributed by atoms with van der Waals surface area (Å²) in [5.74, 6) is 1.02. The topological polar surface area (TPSA) is 74.2 Å². The lowest BCUT2D eigenvalue weighted by Gasteiger charge is -2.27. The van der Waals surface area contributed by atoms with Crippen molar-refractivity contribution in [2.45, 2.75) is 46.8 Å². The molecule has 0 aliphatic heterocycles. The summed E-state index contributed by atoms with van der Waals surface area (Å²) in [4.78, 5) is 4.27. The molecular formula is C11H21N3O2. The van der Waals surface area contributed by atoms with E-state index in [1.165, 1.54) is 0 Å². The van der Waals surface area contributed by atoms with Crippen molar-refractivity contribution >= 4 is 0 Å². The van der Waals surface area contributed by atoms with Crippen molar-refractivity contribution in [3.05, 3.63) is 11.7 Å². The van der Waals surface area contributed by atoms with Gasteiger partial charge in [-0.2, -0.15) is 4.98 Å². The molecule has 1 unspecified atom stereocenters. The molecule has 0 saturated heterocycles. The molecule has 1 aromatic heterocycles. The summed E-state index contributed by atoms with van der Waals surface area (Å²) >= 11 is 0. The maximum absolute atomic E-state index is 5.67. The number of hydrogen-bond acceptors (Lipinski definition) is 5.